The SMILES string of the molecule is Nc1ncnc2c1[nH]c[n+]2[C@@H]1O[C@@H]2COP(=O)([O-])O[C@H]2[C@H]1O.Nc1ncnc2c1[nH]c[n+]2[C@@H]1O[C@@H]2COP(=O)([O-])O[C@H]2[C@H]1O.O.O.O.O. The summed E-state index contributed by atoms with van der Waals surface area (Å²) in [6.07, 6.45) is -2.08. The zero-order valence-corrected chi connectivity index (χ0v) is 25.8. The van der Waals surface area contributed by atoms with Crippen LogP contribution in [0.15, 0.2) is 25.3 Å². The predicted octanol–water partition coefficient (Wildman–Crippen LogP) is -7.36. The summed E-state index contributed by atoms with van der Waals surface area (Å²) in [5.41, 5.74) is 13.3. The summed E-state index contributed by atoms with van der Waals surface area (Å²) < 4.78 is 55.8. The minimum absolute atomic E-state index is 0. The summed E-state index contributed by atoms with van der Waals surface area (Å²) in [5, 5.41) is 20.7. The Balaban J connectivity index is 0.000000240. The number of phosphoric ester groups is 2. The van der Waals surface area contributed by atoms with Crippen LogP contribution in [0.1, 0.15) is 12.5 Å². The van der Waals surface area contributed by atoms with Crippen molar-refractivity contribution in [2.45, 2.75) is 49.1 Å². The van der Waals surface area contributed by atoms with Crippen LogP contribution in [0.4, 0.5) is 11.6 Å². The number of H-pyrrole nitrogens is 2. The second-order valence-corrected chi connectivity index (χ2v) is 12.7. The van der Waals surface area contributed by atoms with Gasteiger partial charge in [0, 0.05) is 0 Å². The zero-order chi connectivity index (χ0) is 31.0. The van der Waals surface area contributed by atoms with Gasteiger partial charge in [-0.2, -0.15) is 9.97 Å². The third kappa shape index (κ3) is 6.74. The molecule has 48 heavy (non-hydrogen) atoms. The molecule has 4 aliphatic rings. The summed E-state index contributed by atoms with van der Waals surface area (Å²) in [6, 6.07) is 0. The lowest BCUT2D eigenvalue weighted by Gasteiger charge is -2.34. The van der Waals surface area contributed by atoms with E-state index in [9.17, 15) is 29.1 Å². The number of nitrogens with one attached hydrogen (secondary N) is 2. The molecule has 2 unspecified atom stereocenters. The van der Waals surface area contributed by atoms with E-state index in [4.69, 9.17) is 30.0 Å². The first-order valence-electron chi connectivity index (χ1n) is 12.8. The highest BCUT2D eigenvalue weighted by Crippen LogP contribution is 2.50. The Morgan fingerprint density at radius 3 is 1.48 bits per heavy atom. The van der Waals surface area contributed by atoms with Crippen LogP contribution >= 0.6 is 15.6 Å². The maximum Gasteiger partial charge on any atom is 0.309 e. The van der Waals surface area contributed by atoms with Gasteiger partial charge in [-0.1, -0.05) is 9.97 Å². The lowest BCUT2D eigenvalue weighted by Crippen LogP contribution is -2.46. The Kier molecular flexibility index (Phi) is 11.6. The number of aliphatic hydroxyl groups excluding tert-OH is 2. The van der Waals surface area contributed by atoms with Gasteiger partial charge in [0.05, 0.1) is 13.2 Å². The van der Waals surface area contributed by atoms with Crippen LogP contribution in [-0.4, -0.2) is 112 Å². The van der Waals surface area contributed by atoms with Crippen molar-refractivity contribution >= 4 is 49.6 Å². The Morgan fingerprint density at radius 2 is 1.10 bits per heavy atom. The number of anilines is 2. The highest BCUT2D eigenvalue weighted by atomic mass is 31.2. The van der Waals surface area contributed by atoms with Gasteiger partial charge in [0.25, 0.3) is 15.6 Å². The first kappa shape index (κ1) is 39.0. The van der Waals surface area contributed by atoms with E-state index in [0.717, 1.165) is 0 Å². The molecule has 0 bridgehead atoms. The van der Waals surface area contributed by atoms with Crippen LogP contribution in [0, 0.1) is 0 Å². The van der Waals surface area contributed by atoms with Gasteiger partial charge in [-0.25, -0.2) is 9.13 Å². The number of aromatic nitrogens is 8. The van der Waals surface area contributed by atoms with Crippen LogP contribution in [-0.2, 0) is 36.7 Å². The molecule has 8 rings (SSSR count). The molecule has 0 radical (unpaired) electrons. The minimum Gasteiger partial charge on any atom is -0.756 e. The van der Waals surface area contributed by atoms with E-state index in [1.165, 1.54) is 34.4 Å². The van der Waals surface area contributed by atoms with E-state index < -0.39 is 64.7 Å². The van der Waals surface area contributed by atoms with Gasteiger partial charge >= 0.3 is 11.3 Å². The molecule has 4 fully saturated rings. The topological polar surface area (TPSA) is 445 Å². The lowest BCUT2D eigenvalue weighted by molar-refractivity contribution is -0.745. The van der Waals surface area contributed by atoms with Crippen molar-refractivity contribution in [2.75, 3.05) is 24.7 Å². The fraction of sp³-hybridized carbons (Fsp3) is 0.500. The van der Waals surface area contributed by atoms with E-state index in [1.54, 1.807) is 0 Å². The number of ether oxygens (including phenoxy) is 2. The molecule has 26 nitrogen and oxygen atoms in total. The third-order valence-electron chi connectivity index (χ3n) is 7.36. The maximum atomic E-state index is 11.4. The molecule has 4 aromatic heterocycles. The van der Waals surface area contributed by atoms with E-state index in [-0.39, 0.29) is 46.8 Å². The van der Waals surface area contributed by atoms with E-state index in [1.807, 2.05) is 0 Å². The van der Waals surface area contributed by atoms with Gasteiger partial charge in [-0.3, -0.25) is 19.1 Å². The number of rotatable bonds is 2. The van der Waals surface area contributed by atoms with Gasteiger partial charge < -0.3 is 80.9 Å². The molecule has 0 saturated carbocycles. The zero-order valence-electron chi connectivity index (χ0n) is 24.1. The molecular formula is C20H32N10O16P2. The standard InChI is InChI=1S/2C10H12N5O6P.4H2O/c2*11-8-5-9(13-2-12-8)15(3-14-5)10-6(16)7-4(20-10)1-19-22(17,18)21-7;;;;/h2*2-4,6-7,10,16H,1H2,(H3,11,12,13,17,18);4*1H2/t2*4-,6-,7-,10-;;;;/m11..../s1. The molecule has 4 aromatic rings. The van der Waals surface area contributed by atoms with E-state index in [0.29, 0.717) is 22.3 Å². The molecule has 0 spiro atoms. The number of aliphatic hydroxyl groups is 2. The fourth-order valence-corrected chi connectivity index (χ4v) is 7.24. The number of fused-ring (bicyclic) bond motifs is 4. The lowest BCUT2D eigenvalue weighted by atomic mass is 10.1. The molecule has 4 aliphatic heterocycles. The summed E-state index contributed by atoms with van der Waals surface area (Å²) in [4.78, 5) is 44.4. The Bertz CT molecular complexity index is 1700. The van der Waals surface area contributed by atoms with Crippen molar-refractivity contribution in [2.24, 2.45) is 0 Å². The van der Waals surface area contributed by atoms with Crippen molar-refractivity contribution in [1.29, 1.82) is 0 Å². The summed E-state index contributed by atoms with van der Waals surface area (Å²) in [6.45, 7) is -0.419. The van der Waals surface area contributed by atoms with Crippen molar-refractivity contribution in [1.82, 2.24) is 29.9 Å². The van der Waals surface area contributed by atoms with Crippen molar-refractivity contribution in [3.63, 3.8) is 0 Å². The van der Waals surface area contributed by atoms with Crippen LogP contribution in [0.25, 0.3) is 22.3 Å². The summed E-state index contributed by atoms with van der Waals surface area (Å²) >= 11 is 0. The predicted molar refractivity (Wildman–Crippen MR) is 148 cm³/mol. The number of phosphoric acid groups is 2. The highest BCUT2D eigenvalue weighted by Gasteiger charge is 2.53. The van der Waals surface area contributed by atoms with Gasteiger partial charge in [0.1, 0.15) is 36.6 Å². The number of nitrogen functional groups attached to an aromatic ring is 2. The fourth-order valence-electron chi connectivity index (χ4n) is 5.34. The maximum absolute atomic E-state index is 11.4. The number of hydrogen-bond donors (Lipinski definition) is 6. The molecule has 8 heterocycles. The Labute approximate surface area is 266 Å². The minimum atomic E-state index is -4.41. The normalized spacial score (nSPS) is 35.1. The second kappa shape index (κ2) is 14.2. The average Bonchev–Trinajstić information content (AvgIpc) is 3.74. The molecule has 0 amide bonds. The molecule has 10 atom stereocenters. The van der Waals surface area contributed by atoms with Crippen molar-refractivity contribution in [3.05, 3.63) is 25.3 Å². The Hall–Kier alpha value is -3.40. The van der Waals surface area contributed by atoms with Crippen LogP contribution in [0.2, 0.25) is 0 Å². The van der Waals surface area contributed by atoms with Gasteiger partial charge in [-0.15, -0.1) is 0 Å². The number of hydrogen-bond acceptors (Lipinski definition) is 18. The molecule has 0 aromatic carbocycles. The number of imidazole rings is 2. The molecule has 0 aliphatic carbocycles. The summed E-state index contributed by atoms with van der Waals surface area (Å²) in [7, 11) is -8.81. The number of nitrogens with two attached hydrogens (primary N) is 2. The molecule has 28 heteroatoms. The average molecular weight is 730 g/mol. The Morgan fingerprint density at radius 1 is 0.729 bits per heavy atom. The number of aromatic amines is 2. The third-order valence-corrected chi connectivity index (χ3v) is 9.29. The van der Waals surface area contributed by atoms with Gasteiger partial charge in [0.15, 0.2) is 36.9 Å². The number of nitrogens with zero attached hydrogens (tertiary/aromatic N) is 6. The monoisotopic (exact) mass is 730 g/mol. The van der Waals surface area contributed by atoms with Crippen molar-refractivity contribution in [3.8, 4) is 0 Å². The first-order chi connectivity index (χ1) is 20.9. The van der Waals surface area contributed by atoms with Crippen LogP contribution in [0.3, 0.4) is 0 Å². The second-order valence-electron chi connectivity index (χ2n) is 10.0. The molecule has 16 N–H and O–H groups in total. The summed E-state index contributed by atoms with van der Waals surface area (Å²) in [5.74, 6) is 0.495. The van der Waals surface area contributed by atoms with Crippen LogP contribution < -0.4 is 30.4 Å². The highest BCUT2D eigenvalue weighted by molar-refractivity contribution is 7.46. The van der Waals surface area contributed by atoms with E-state index >= 15 is 0 Å². The molecule has 4 saturated heterocycles. The van der Waals surface area contributed by atoms with Gasteiger partial charge in [-0.05, 0) is 0 Å². The quantitative estimate of drug-likeness (QED) is 0.0823. The largest absolute Gasteiger partial charge is 0.756 e. The first-order valence-corrected chi connectivity index (χ1v) is 15.8. The molecular weight excluding hydrogens is 698 g/mol. The van der Waals surface area contributed by atoms with E-state index in [2.05, 4.69) is 39.0 Å². The molecule has 268 valence electrons. The van der Waals surface area contributed by atoms with Gasteiger partial charge in [0.2, 0.25) is 23.5 Å². The van der Waals surface area contributed by atoms with Crippen molar-refractivity contribution < 1.29 is 87.7 Å². The van der Waals surface area contributed by atoms with Crippen LogP contribution in [0.5, 0.6) is 0 Å². The smallest absolute Gasteiger partial charge is 0.309 e.